The first-order chi connectivity index (χ1) is 9.90. The third-order valence-corrected chi connectivity index (χ3v) is 3.92. The highest BCUT2D eigenvalue weighted by molar-refractivity contribution is 6.31. The number of aliphatic imine (C=N–C) groups is 1. The normalized spacial score (nSPS) is 21.4. The van der Waals surface area contributed by atoms with Crippen molar-refractivity contribution in [3.63, 3.8) is 0 Å². The molecule has 0 aromatic heterocycles. The number of carbonyl (C=O) groups excluding carboxylic acids is 1. The Hall–Kier alpha value is -1.95. The van der Waals surface area contributed by atoms with E-state index in [2.05, 4.69) is 4.99 Å². The number of benzene rings is 1. The zero-order valence-corrected chi connectivity index (χ0v) is 12.2. The van der Waals surface area contributed by atoms with Crippen LogP contribution in [0.25, 0.3) is 0 Å². The number of guanidine groups is 1. The average Bonchev–Trinajstić information content (AvgIpc) is 2.78. The van der Waals surface area contributed by atoms with E-state index >= 15 is 0 Å². The minimum absolute atomic E-state index is 0.0171. The first kappa shape index (κ1) is 14.0. The van der Waals surface area contributed by atoms with Gasteiger partial charge in [0, 0.05) is 5.02 Å². The zero-order chi connectivity index (χ0) is 15.3. The second-order valence-corrected chi connectivity index (χ2v) is 5.46. The smallest absolute Gasteiger partial charge is 0.262 e. The molecular weight excluding hydrogens is 300 g/mol. The van der Waals surface area contributed by atoms with Crippen LogP contribution in [0.2, 0.25) is 5.02 Å². The molecule has 0 saturated carbocycles. The third kappa shape index (κ3) is 2.10. The average molecular weight is 312 g/mol. The number of halogens is 3. The fourth-order valence-corrected chi connectivity index (χ4v) is 2.58. The van der Waals surface area contributed by atoms with Crippen LogP contribution >= 0.6 is 11.6 Å². The van der Waals surface area contributed by atoms with Gasteiger partial charge in [0.05, 0.1) is 24.4 Å². The first-order valence-electron chi connectivity index (χ1n) is 6.40. The Kier molecular flexibility index (Phi) is 3.20. The highest BCUT2D eigenvalue weighted by Crippen LogP contribution is 2.32. The molecule has 0 radical (unpaired) electrons. The second-order valence-electron chi connectivity index (χ2n) is 5.05. The highest BCUT2D eigenvalue weighted by atomic mass is 35.5. The Morgan fingerprint density at radius 1 is 1.38 bits per heavy atom. The van der Waals surface area contributed by atoms with Gasteiger partial charge >= 0.3 is 0 Å². The number of aryl methyl sites for hydroxylation is 1. The van der Waals surface area contributed by atoms with E-state index < -0.39 is 17.7 Å². The molecule has 0 N–H and O–H groups in total. The zero-order valence-electron chi connectivity index (χ0n) is 11.4. The fraction of sp³-hybridized carbons (Fsp3) is 0.286. The maximum absolute atomic E-state index is 14.2. The molecule has 21 heavy (non-hydrogen) atoms. The van der Waals surface area contributed by atoms with Gasteiger partial charge in [-0.3, -0.25) is 9.69 Å². The monoisotopic (exact) mass is 311 g/mol. The van der Waals surface area contributed by atoms with Crippen molar-refractivity contribution in [3.8, 4) is 0 Å². The van der Waals surface area contributed by atoms with Crippen LogP contribution in [-0.2, 0) is 4.79 Å². The van der Waals surface area contributed by atoms with Crippen molar-refractivity contribution in [2.24, 2.45) is 4.99 Å². The quantitative estimate of drug-likeness (QED) is 0.747. The second kappa shape index (κ2) is 4.80. The largest absolute Gasteiger partial charge is 0.283 e. The molecule has 4 nitrogen and oxygen atoms in total. The minimum Gasteiger partial charge on any atom is -0.283 e. The molecule has 2 aliphatic heterocycles. The molecule has 2 heterocycles. The Morgan fingerprint density at radius 2 is 2.10 bits per heavy atom. The van der Waals surface area contributed by atoms with Crippen molar-refractivity contribution in [1.82, 2.24) is 4.90 Å². The summed E-state index contributed by atoms with van der Waals surface area (Å²) in [4.78, 5) is 18.6. The van der Waals surface area contributed by atoms with Gasteiger partial charge in [-0.05, 0) is 31.5 Å². The molecule has 0 fully saturated rings. The molecule has 0 spiro atoms. The highest BCUT2D eigenvalue weighted by Gasteiger charge is 2.39. The van der Waals surface area contributed by atoms with E-state index in [0.717, 1.165) is 17.0 Å². The lowest BCUT2D eigenvalue weighted by atomic mass is 10.2. The van der Waals surface area contributed by atoms with E-state index in [4.69, 9.17) is 11.6 Å². The molecule has 2 aliphatic rings. The van der Waals surface area contributed by atoms with Gasteiger partial charge in [0.15, 0.2) is 0 Å². The standard InChI is InChI=1S/C14H12ClF2N3O/c1-7-3-11(10(16)4-9(7)15)20-13(21)5-12(17)19-8(2)6-18-14(19)20/h3-5,8H,6H2,1-2H3. The van der Waals surface area contributed by atoms with Gasteiger partial charge in [-0.15, -0.1) is 0 Å². The van der Waals surface area contributed by atoms with Gasteiger partial charge in [-0.25, -0.2) is 14.3 Å². The lowest BCUT2D eigenvalue weighted by molar-refractivity contribution is -0.113. The molecule has 1 unspecified atom stereocenters. The van der Waals surface area contributed by atoms with Crippen LogP contribution in [0.5, 0.6) is 0 Å². The van der Waals surface area contributed by atoms with Crippen LogP contribution < -0.4 is 4.90 Å². The molecular formula is C14H12ClF2N3O. The van der Waals surface area contributed by atoms with Gasteiger partial charge in [-0.2, -0.15) is 4.39 Å². The summed E-state index contributed by atoms with van der Waals surface area (Å²) in [5.41, 5.74) is 0.637. The number of hydrogen-bond donors (Lipinski definition) is 0. The first-order valence-corrected chi connectivity index (χ1v) is 6.78. The summed E-state index contributed by atoms with van der Waals surface area (Å²) >= 11 is 5.86. The van der Waals surface area contributed by atoms with Gasteiger partial charge in [0.1, 0.15) is 5.82 Å². The van der Waals surface area contributed by atoms with Gasteiger partial charge in [0.2, 0.25) is 11.9 Å². The molecule has 3 rings (SSSR count). The molecule has 1 aromatic carbocycles. The topological polar surface area (TPSA) is 35.9 Å². The van der Waals surface area contributed by atoms with Crippen LogP contribution in [-0.4, -0.2) is 29.4 Å². The molecule has 1 atom stereocenters. The number of amides is 1. The van der Waals surface area contributed by atoms with Crippen molar-refractivity contribution in [3.05, 3.63) is 40.6 Å². The summed E-state index contributed by atoms with van der Waals surface area (Å²) in [6.45, 7) is 3.82. The SMILES string of the molecule is Cc1cc(N2C(=O)C=C(F)N3C2=NCC3C)c(F)cc1Cl. The summed E-state index contributed by atoms with van der Waals surface area (Å²) in [6.07, 6.45) is 0.838. The van der Waals surface area contributed by atoms with Crippen molar-refractivity contribution in [1.29, 1.82) is 0 Å². The number of nitrogens with zero attached hydrogens (tertiary/aromatic N) is 3. The Labute approximate surface area is 125 Å². The van der Waals surface area contributed by atoms with E-state index in [1.54, 1.807) is 13.8 Å². The molecule has 0 bridgehead atoms. The lowest BCUT2D eigenvalue weighted by Crippen LogP contribution is -2.50. The van der Waals surface area contributed by atoms with E-state index in [1.807, 2.05) is 0 Å². The van der Waals surface area contributed by atoms with E-state index in [0.29, 0.717) is 12.1 Å². The van der Waals surface area contributed by atoms with Gasteiger partial charge in [0.25, 0.3) is 5.91 Å². The summed E-state index contributed by atoms with van der Waals surface area (Å²) in [5, 5.41) is 0.265. The van der Waals surface area contributed by atoms with E-state index in [9.17, 15) is 13.6 Å². The Bertz CT molecular complexity index is 702. The van der Waals surface area contributed by atoms with Crippen LogP contribution in [0.15, 0.2) is 29.2 Å². The van der Waals surface area contributed by atoms with E-state index in [-0.39, 0.29) is 22.7 Å². The van der Waals surface area contributed by atoms with Crippen molar-refractivity contribution >= 4 is 29.2 Å². The summed E-state index contributed by atoms with van der Waals surface area (Å²) in [7, 11) is 0. The Balaban J connectivity index is 2.14. The molecule has 0 saturated heterocycles. The molecule has 110 valence electrons. The number of fused-ring (bicyclic) bond motifs is 1. The van der Waals surface area contributed by atoms with Crippen molar-refractivity contribution in [2.75, 3.05) is 11.4 Å². The third-order valence-electron chi connectivity index (χ3n) is 3.52. The number of anilines is 1. The predicted octanol–water partition coefficient (Wildman–Crippen LogP) is 3.01. The number of carbonyl (C=O) groups is 1. The van der Waals surface area contributed by atoms with Crippen LogP contribution in [0, 0.1) is 12.7 Å². The molecule has 1 amide bonds. The van der Waals surface area contributed by atoms with Gasteiger partial charge < -0.3 is 0 Å². The van der Waals surface area contributed by atoms with Crippen molar-refractivity contribution < 1.29 is 13.6 Å². The maximum Gasteiger partial charge on any atom is 0.262 e. The number of rotatable bonds is 1. The summed E-state index contributed by atoms with van der Waals surface area (Å²) in [6, 6.07) is 2.37. The Morgan fingerprint density at radius 3 is 2.81 bits per heavy atom. The van der Waals surface area contributed by atoms with Crippen LogP contribution in [0.3, 0.4) is 0 Å². The van der Waals surface area contributed by atoms with Crippen LogP contribution in [0.1, 0.15) is 12.5 Å². The predicted molar refractivity (Wildman–Crippen MR) is 76.4 cm³/mol. The number of hydrogen-bond acceptors (Lipinski definition) is 3. The minimum atomic E-state index is -0.675. The lowest BCUT2D eigenvalue weighted by Gasteiger charge is -2.33. The fourth-order valence-electron chi connectivity index (χ4n) is 2.43. The summed E-state index contributed by atoms with van der Waals surface area (Å²) in [5.74, 6) is -1.90. The maximum atomic E-state index is 14.2. The molecule has 0 aliphatic carbocycles. The van der Waals surface area contributed by atoms with Crippen molar-refractivity contribution in [2.45, 2.75) is 19.9 Å². The molecule has 1 aromatic rings. The summed E-state index contributed by atoms with van der Waals surface area (Å²) < 4.78 is 28.1. The van der Waals surface area contributed by atoms with Crippen LogP contribution in [0.4, 0.5) is 14.5 Å². The van der Waals surface area contributed by atoms with E-state index in [1.165, 1.54) is 11.0 Å². The van der Waals surface area contributed by atoms with Gasteiger partial charge in [-0.1, -0.05) is 11.6 Å². The molecule has 7 heteroatoms.